The number of aryl methyl sites for hydroxylation is 2. The minimum absolute atomic E-state index is 0.106. The van der Waals surface area contributed by atoms with E-state index >= 15 is 0 Å². The Morgan fingerprint density at radius 2 is 1.74 bits per heavy atom. The van der Waals surface area contributed by atoms with Gasteiger partial charge in [0.2, 0.25) is 0 Å². The summed E-state index contributed by atoms with van der Waals surface area (Å²) in [7, 11) is -3.97. The first kappa shape index (κ1) is 24.7. The number of anilines is 1. The van der Waals surface area contributed by atoms with Gasteiger partial charge in [-0.25, -0.2) is 13.8 Å². The van der Waals surface area contributed by atoms with Crippen molar-refractivity contribution >= 4 is 27.8 Å². The number of carbonyl (C=O) groups is 1. The zero-order chi connectivity index (χ0) is 24.6. The molecule has 0 heterocycles. The summed E-state index contributed by atoms with van der Waals surface area (Å²) in [6, 6.07) is 20.6. The van der Waals surface area contributed by atoms with Crippen molar-refractivity contribution in [2.75, 3.05) is 17.5 Å². The third kappa shape index (κ3) is 6.55. The Labute approximate surface area is 200 Å². The third-order valence-electron chi connectivity index (χ3n) is 4.84. The first-order chi connectivity index (χ1) is 16.3. The first-order valence-corrected chi connectivity index (χ1v) is 12.1. The molecule has 0 fully saturated rings. The number of hydrogen-bond donors (Lipinski definition) is 1. The molecule has 3 aromatic rings. The fraction of sp³-hybridized carbons (Fsp3) is 0.154. The average molecular weight is 478 g/mol. The zero-order valence-corrected chi connectivity index (χ0v) is 20.0. The highest BCUT2D eigenvalue weighted by atomic mass is 32.2. The van der Waals surface area contributed by atoms with E-state index in [1.807, 2.05) is 19.9 Å². The molecule has 0 saturated heterocycles. The smallest absolute Gasteiger partial charge is 0.264 e. The fourth-order valence-corrected chi connectivity index (χ4v) is 4.50. The van der Waals surface area contributed by atoms with Crippen LogP contribution in [0.25, 0.3) is 0 Å². The van der Waals surface area contributed by atoms with Gasteiger partial charge in [0.25, 0.3) is 15.9 Å². The van der Waals surface area contributed by atoms with Crippen molar-refractivity contribution in [3.63, 3.8) is 0 Å². The van der Waals surface area contributed by atoms with E-state index in [4.69, 9.17) is 4.74 Å². The second kappa shape index (κ2) is 11.3. The van der Waals surface area contributed by atoms with Crippen LogP contribution >= 0.6 is 0 Å². The van der Waals surface area contributed by atoms with Gasteiger partial charge in [-0.05, 0) is 73.5 Å². The highest BCUT2D eigenvalue weighted by molar-refractivity contribution is 7.92. The van der Waals surface area contributed by atoms with Gasteiger partial charge in [-0.1, -0.05) is 42.5 Å². The lowest BCUT2D eigenvalue weighted by atomic mass is 10.2. The van der Waals surface area contributed by atoms with E-state index in [-0.39, 0.29) is 4.90 Å². The molecule has 7 nitrogen and oxygen atoms in total. The summed E-state index contributed by atoms with van der Waals surface area (Å²) >= 11 is 0. The Kier molecular flexibility index (Phi) is 8.21. The van der Waals surface area contributed by atoms with Gasteiger partial charge in [0.05, 0.1) is 16.8 Å². The summed E-state index contributed by atoms with van der Waals surface area (Å²) in [4.78, 5) is 12.8. The molecule has 0 radical (unpaired) electrons. The largest absolute Gasteiger partial charge is 0.490 e. The Bertz CT molecular complexity index is 1270. The Balaban J connectivity index is 1.76. The number of nitrogens with zero attached hydrogens (tertiary/aromatic N) is 2. The van der Waals surface area contributed by atoms with Crippen LogP contribution < -0.4 is 14.5 Å². The van der Waals surface area contributed by atoms with Crippen LogP contribution in [-0.4, -0.2) is 33.7 Å². The number of hydrazone groups is 1. The normalized spacial score (nSPS) is 11.2. The molecule has 0 aliphatic heterocycles. The summed E-state index contributed by atoms with van der Waals surface area (Å²) in [6.07, 6.45) is 3.13. The van der Waals surface area contributed by atoms with E-state index in [0.717, 1.165) is 21.0 Å². The number of nitrogens with one attached hydrogen (secondary N) is 1. The standard InChI is InChI=1S/C26H27N3O4S/c1-4-16-33-24-12-10-22(11-13-24)18-27-28-26(30)19-29(23-7-5-6-21(3)17-23)34(31,32)25-14-8-20(2)9-15-25/h4-15,17-18H,1,16,19H2,2-3H3,(H,28,30)/b27-18-. The van der Waals surface area contributed by atoms with Gasteiger partial charge in [0.1, 0.15) is 18.9 Å². The third-order valence-corrected chi connectivity index (χ3v) is 6.62. The van der Waals surface area contributed by atoms with Crippen molar-refractivity contribution in [2.45, 2.75) is 18.7 Å². The van der Waals surface area contributed by atoms with Crippen molar-refractivity contribution in [1.82, 2.24) is 5.43 Å². The van der Waals surface area contributed by atoms with Crippen LogP contribution in [0.15, 0.2) is 95.4 Å². The van der Waals surface area contributed by atoms with Crippen molar-refractivity contribution in [1.29, 1.82) is 0 Å². The zero-order valence-electron chi connectivity index (χ0n) is 19.1. The molecule has 0 atom stereocenters. The lowest BCUT2D eigenvalue weighted by Crippen LogP contribution is -2.39. The maximum atomic E-state index is 13.4. The molecule has 0 aliphatic carbocycles. The van der Waals surface area contributed by atoms with Gasteiger partial charge in [0, 0.05) is 0 Å². The van der Waals surface area contributed by atoms with Gasteiger partial charge in [-0.3, -0.25) is 9.10 Å². The number of amides is 1. The second-order valence-electron chi connectivity index (χ2n) is 7.63. The summed E-state index contributed by atoms with van der Waals surface area (Å²) in [6.45, 7) is 7.32. The number of sulfonamides is 1. The highest BCUT2D eigenvalue weighted by Gasteiger charge is 2.27. The molecule has 0 saturated carbocycles. The highest BCUT2D eigenvalue weighted by Crippen LogP contribution is 2.24. The molecule has 176 valence electrons. The molecule has 1 amide bonds. The van der Waals surface area contributed by atoms with E-state index in [2.05, 4.69) is 17.1 Å². The van der Waals surface area contributed by atoms with Crippen LogP contribution in [0.5, 0.6) is 5.75 Å². The van der Waals surface area contributed by atoms with Crippen molar-refractivity contribution < 1.29 is 17.9 Å². The van der Waals surface area contributed by atoms with Gasteiger partial charge in [0.15, 0.2) is 0 Å². The lowest BCUT2D eigenvalue weighted by Gasteiger charge is -2.24. The molecule has 0 spiro atoms. The number of rotatable bonds is 10. The summed E-state index contributed by atoms with van der Waals surface area (Å²) in [5.74, 6) is 0.121. The Morgan fingerprint density at radius 3 is 2.38 bits per heavy atom. The van der Waals surface area contributed by atoms with Gasteiger partial charge >= 0.3 is 0 Å². The quantitative estimate of drug-likeness (QED) is 0.269. The Hall–Kier alpha value is -3.91. The maximum Gasteiger partial charge on any atom is 0.264 e. The van der Waals surface area contributed by atoms with E-state index in [0.29, 0.717) is 18.0 Å². The molecule has 3 aromatic carbocycles. The van der Waals surface area contributed by atoms with Crippen LogP contribution in [0.2, 0.25) is 0 Å². The minimum Gasteiger partial charge on any atom is -0.490 e. The van der Waals surface area contributed by atoms with Gasteiger partial charge in [-0.15, -0.1) is 0 Å². The minimum atomic E-state index is -3.97. The van der Waals surface area contributed by atoms with E-state index < -0.39 is 22.5 Å². The number of ether oxygens (including phenoxy) is 1. The van der Waals surface area contributed by atoms with Crippen LogP contribution in [-0.2, 0) is 14.8 Å². The van der Waals surface area contributed by atoms with Crippen molar-refractivity contribution in [3.05, 3.63) is 102 Å². The van der Waals surface area contributed by atoms with E-state index in [1.54, 1.807) is 60.7 Å². The predicted molar refractivity (Wildman–Crippen MR) is 135 cm³/mol. The predicted octanol–water partition coefficient (Wildman–Crippen LogP) is 4.21. The molecule has 8 heteroatoms. The topological polar surface area (TPSA) is 88.1 Å². The second-order valence-corrected chi connectivity index (χ2v) is 9.49. The molecule has 0 aliphatic rings. The van der Waals surface area contributed by atoms with Crippen molar-refractivity contribution in [3.8, 4) is 5.75 Å². The van der Waals surface area contributed by atoms with Crippen molar-refractivity contribution in [2.24, 2.45) is 5.10 Å². The molecule has 3 rings (SSSR count). The molecule has 0 aromatic heterocycles. The molecule has 0 unspecified atom stereocenters. The molecule has 34 heavy (non-hydrogen) atoms. The number of benzene rings is 3. The molecule has 0 bridgehead atoms. The molecule has 1 N–H and O–H groups in total. The maximum absolute atomic E-state index is 13.4. The van der Waals surface area contributed by atoms with Gasteiger partial charge in [-0.2, -0.15) is 5.10 Å². The SMILES string of the molecule is C=CCOc1ccc(/C=N\NC(=O)CN(c2cccc(C)c2)S(=O)(=O)c2ccc(C)cc2)cc1. The van der Waals surface area contributed by atoms with Gasteiger partial charge < -0.3 is 4.74 Å². The summed E-state index contributed by atoms with van der Waals surface area (Å²) < 4.78 is 33.3. The monoisotopic (exact) mass is 477 g/mol. The lowest BCUT2D eigenvalue weighted by molar-refractivity contribution is -0.119. The summed E-state index contributed by atoms with van der Waals surface area (Å²) in [5.41, 5.74) is 5.36. The first-order valence-electron chi connectivity index (χ1n) is 10.6. The summed E-state index contributed by atoms with van der Waals surface area (Å²) in [5, 5.41) is 3.96. The van der Waals surface area contributed by atoms with Crippen LogP contribution in [0.4, 0.5) is 5.69 Å². The number of hydrogen-bond acceptors (Lipinski definition) is 5. The van der Waals surface area contributed by atoms with E-state index in [9.17, 15) is 13.2 Å². The van der Waals surface area contributed by atoms with Crippen LogP contribution in [0.1, 0.15) is 16.7 Å². The van der Waals surface area contributed by atoms with Crippen LogP contribution in [0, 0.1) is 13.8 Å². The van der Waals surface area contributed by atoms with E-state index in [1.165, 1.54) is 18.3 Å². The molecular formula is C26H27N3O4S. The average Bonchev–Trinajstić information content (AvgIpc) is 2.82. The fourth-order valence-electron chi connectivity index (χ4n) is 3.09. The number of carbonyl (C=O) groups excluding carboxylic acids is 1. The molecular weight excluding hydrogens is 450 g/mol. The van der Waals surface area contributed by atoms with Crippen LogP contribution in [0.3, 0.4) is 0 Å². The Morgan fingerprint density at radius 1 is 1.03 bits per heavy atom.